The van der Waals surface area contributed by atoms with Crippen molar-refractivity contribution in [3.8, 4) is 17.2 Å². The molecule has 0 saturated carbocycles. The van der Waals surface area contributed by atoms with Crippen LogP contribution in [0, 0.1) is 16.8 Å². The molecule has 3 rings (SSSR count). The van der Waals surface area contributed by atoms with E-state index in [1.54, 1.807) is 0 Å². The molecular weight excluding hydrogens is 486 g/mol. The van der Waals surface area contributed by atoms with Crippen LogP contribution in [-0.2, 0) is 6.18 Å². The molecule has 1 heterocycles. The largest absolute Gasteiger partial charge is 0.594 e. The number of hydrogen-bond donors (Lipinski definition) is 1. The smallest absolute Gasteiger partial charge is 0.573 e. The lowest BCUT2D eigenvalue weighted by molar-refractivity contribution is -0.668. The van der Waals surface area contributed by atoms with Gasteiger partial charge in [0, 0.05) is 11.2 Å². The molecule has 0 aliphatic rings. The molecule has 0 aliphatic carbocycles. The van der Waals surface area contributed by atoms with E-state index in [0.29, 0.717) is 18.2 Å². The van der Waals surface area contributed by atoms with Gasteiger partial charge >= 0.3 is 12.5 Å². The van der Waals surface area contributed by atoms with Gasteiger partial charge in [0.05, 0.1) is 11.8 Å². The minimum Gasteiger partial charge on any atom is -0.594 e. The number of benzene rings is 2. The molecule has 0 saturated heterocycles. The average Bonchev–Trinajstić information content (AvgIpc) is 2.68. The average molecular weight is 495 g/mol. The Bertz CT molecular complexity index is 1230. The first-order valence-corrected chi connectivity index (χ1v) is 8.74. The van der Waals surface area contributed by atoms with Gasteiger partial charge in [-0.2, -0.15) is 13.2 Å². The molecule has 1 aromatic heterocycles. The third kappa shape index (κ3) is 5.79. The van der Waals surface area contributed by atoms with Crippen LogP contribution in [0.5, 0.6) is 17.2 Å². The molecule has 2 aromatic carbocycles. The van der Waals surface area contributed by atoms with Crippen molar-refractivity contribution >= 4 is 11.6 Å². The third-order valence-electron chi connectivity index (χ3n) is 3.93. The maximum Gasteiger partial charge on any atom is 0.573 e. The zero-order chi connectivity index (χ0) is 25.3. The van der Waals surface area contributed by atoms with Crippen molar-refractivity contribution < 1.29 is 54.2 Å². The maximum absolute atomic E-state index is 14.7. The van der Waals surface area contributed by atoms with Crippen LogP contribution >= 0.6 is 0 Å². The second-order valence-corrected chi connectivity index (χ2v) is 6.31. The summed E-state index contributed by atoms with van der Waals surface area (Å²) in [5.41, 5.74) is -3.38. The second-order valence-electron chi connectivity index (χ2n) is 6.31. The van der Waals surface area contributed by atoms with E-state index in [2.05, 4.69) is 9.84 Å². The summed E-state index contributed by atoms with van der Waals surface area (Å²) in [7, 11) is 0. The molecule has 0 bridgehead atoms. The molecule has 1 amide bonds. The predicted octanol–water partition coefficient (Wildman–Crippen LogP) is 4.96. The van der Waals surface area contributed by atoms with Gasteiger partial charge in [0.25, 0.3) is 5.91 Å². The van der Waals surface area contributed by atoms with Gasteiger partial charge in [-0.3, -0.25) is 4.79 Å². The van der Waals surface area contributed by atoms with Crippen molar-refractivity contribution in [1.29, 1.82) is 0 Å². The van der Waals surface area contributed by atoms with Crippen molar-refractivity contribution in [3.63, 3.8) is 0 Å². The number of ether oxygens (including phenoxy) is 2. The van der Waals surface area contributed by atoms with Crippen molar-refractivity contribution in [3.05, 3.63) is 76.8 Å². The van der Waals surface area contributed by atoms with Crippen molar-refractivity contribution in [2.75, 3.05) is 5.32 Å². The first kappa shape index (κ1) is 24.5. The number of aromatic nitrogens is 2. The summed E-state index contributed by atoms with van der Waals surface area (Å²) in [6.07, 6.45) is -8.76. The van der Waals surface area contributed by atoms with Crippen LogP contribution in [-0.4, -0.2) is 17.4 Å². The van der Waals surface area contributed by atoms with Gasteiger partial charge in [-0.1, -0.05) is 4.85 Å². The molecule has 0 spiro atoms. The summed E-state index contributed by atoms with van der Waals surface area (Å²) in [5.74, 6) is -7.77. The SMILES string of the molecule is O=C(Nc1ccn[n+]([O-])c1)c1c(Oc2ccc(OC(F)(F)F)c(F)c2)ccc(C(F)(F)F)c1F. The topological polar surface area (TPSA) is 87.4 Å². The number of carbonyl (C=O) groups is 1. The van der Waals surface area contributed by atoms with Gasteiger partial charge in [0.15, 0.2) is 17.4 Å². The van der Waals surface area contributed by atoms with Gasteiger partial charge in [0.2, 0.25) is 6.20 Å². The second kappa shape index (κ2) is 8.99. The summed E-state index contributed by atoms with van der Waals surface area (Å²) < 4.78 is 113. The quantitative estimate of drug-likeness (QED) is 0.307. The van der Waals surface area contributed by atoms with Crippen LogP contribution in [0.25, 0.3) is 0 Å². The normalized spacial score (nSPS) is 11.8. The summed E-state index contributed by atoms with van der Waals surface area (Å²) in [4.78, 5) is 12.6. The number of anilines is 1. The Morgan fingerprint density at radius 3 is 2.26 bits per heavy atom. The standard InChI is InChI=1S/C19H9F8N3O4/c20-12-7-10(1-3-13(12)34-19(25,26)27)33-14-4-2-11(18(22,23)24)16(21)15(14)17(31)29-9-5-6-28-30(32)8-9/h1-8H,(H,29,31). The third-order valence-corrected chi connectivity index (χ3v) is 3.93. The molecule has 1 N–H and O–H groups in total. The van der Waals surface area contributed by atoms with Crippen molar-refractivity contribution in [1.82, 2.24) is 5.10 Å². The highest BCUT2D eigenvalue weighted by molar-refractivity contribution is 6.06. The van der Waals surface area contributed by atoms with E-state index >= 15 is 0 Å². The summed E-state index contributed by atoms with van der Waals surface area (Å²) >= 11 is 0. The maximum atomic E-state index is 14.7. The first-order valence-electron chi connectivity index (χ1n) is 8.74. The number of amides is 1. The number of hydrogen-bond acceptors (Lipinski definition) is 5. The Kier molecular flexibility index (Phi) is 6.47. The van der Waals surface area contributed by atoms with E-state index in [9.17, 15) is 45.1 Å². The number of nitrogens with zero attached hydrogens (tertiary/aromatic N) is 2. The van der Waals surface area contributed by atoms with Gasteiger partial charge < -0.3 is 20.0 Å². The van der Waals surface area contributed by atoms with Crippen molar-refractivity contribution in [2.24, 2.45) is 0 Å². The number of halogens is 8. The highest BCUT2D eigenvalue weighted by Crippen LogP contribution is 2.38. The fourth-order valence-electron chi connectivity index (χ4n) is 2.60. The van der Waals surface area contributed by atoms with E-state index in [-0.39, 0.29) is 16.6 Å². The number of carbonyl (C=O) groups excluding carboxylic acids is 1. The molecular formula is C19H9F8N3O4. The Hall–Kier alpha value is -4.17. The molecule has 0 unspecified atom stereocenters. The Morgan fingerprint density at radius 2 is 1.68 bits per heavy atom. The number of alkyl halides is 6. The van der Waals surface area contributed by atoms with Crippen LogP contribution < -0.4 is 19.6 Å². The highest BCUT2D eigenvalue weighted by atomic mass is 19.4. The highest BCUT2D eigenvalue weighted by Gasteiger charge is 2.37. The molecule has 0 radical (unpaired) electrons. The molecule has 34 heavy (non-hydrogen) atoms. The van der Waals surface area contributed by atoms with E-state index in [1.165, 1.54) is 0 Å². The van der Waals surface area contributed by atoms with Gasteiger partial charge in [0.1, 0.15) is 22.7 Å². The monoisotopic (exact) mass is 495 g/mol. The number of nitrogens with one attached hydrogen (secondary N) is 1. The minimum absolute atomic E-state index is 0.00285. The van der Waals surface area contributed by atoms with Crippen LogP contribution in [0.3, 0.4) is 0 Å². The molecule has 3 aromatic rings. The van der Waals surface area contributed by atoms with Gasteiger partial charge in [-0.15, -0.1) is 13.2 Å². The van der Waals surface area contributed by atoms with Crippen LogP contribution in [0.1, 0.15) is 15.9 Å². The van der Waals surface area contributed by atoms with Crippen LogP contribution in [0.15, 0.2) is 48.8 Å². The molecule has 0 aliphatic heterocycles. The number of rotatable bonds is 5. The summed E-state index contributed by atoms with van der Waals surface area (Å²) in [6, 6.07) is 3.50. The van der Waals surface area contributed by atoms with E-state index < -0.39 is 58.5 Å². The predicted molar refractivity (Wildman–Crippen MR) is 95.7 cm³/mol. The molecule has 7 nitrogen and oxygen atoms in total. The van der Waals surface area contributed by atoms with Crippen LogP contribution in [0.4, 0.5) is 40.8 Å². The van der Waals surface area contributed by atoms with Crippen molar-refractivity contribution in [2.45, 2.75) is 12.5 Å². The zero-order valence-electron chi connectivity index (χ0n) is 16.2. The lowest BCUT2D eigenvalue weighted by Crippen LogP contribution is -2.30. The first-order chi connectivity index (χ1) is 15.7. The van der Waals surface area contributed by atoms with E-state index in [0.717, 1.165) is 24.5 Å². The summed E-state index contributed by atoms with van der Waals surface area (Å²) in [6.45, 7) is 0. The Morgan fingerprint density at radius 1 is 1.00 bits per heavy atom. The zero-order valence-corrected chi connectivity index (χ0v) is 16.2. The Labute approximate surface area is 183 Å². The van der Waals surface area contributed by atoms with Gasteiger partial charge in [-0.25, -0.2) is 8.78 Å². The lowest BCUT2D eigenvalue weighted by Gasteiger charge is -2.16. The molecule has 0 fully saturated rings. The van der Waals surface area contributed by atoms with Crippen LogP contribution in [0.2, 0.25) is 0 Å². The minimum atomic E-state index is -5.21. The molecule has 180 valence electrons. The van der Waals surface area contributed by atoms with E-state index in [4.69, 9.17) is 4.74 Å². The van der Waals surface area contributed by atoms with E-state index in [1.807, 2.05) is 5.32 Å². The fourth-order valence-corrected chi connectivity index (χ4v) is 2.60. The summed E-state index contributed by atoms with van der Waals surface area (Å²) in [5, 5.41) is 16.4. The fraction of sp³-hybridized carbons (Fsp3) is 0.105. The lowest BCUT2D eigenvalue weighted by atomic mass is 10.1. The Balaban J connectivity index is 2.01. The van der Waals surface area contributed by atoms with Gasteiger partial charge in [-0.05, 0) is 30.3 Å². The molecule has 15 heteroatoms. The molecule has 0 atom stereocenters.